The topological polar surface area (TPSA) is 29.5 Å². The second-order valence-electron chi connectivity index (χ2n) is 13.7. The van der Waals surface area contributed by atoms with Crippen LogP contribution in [0.25, 0.3) is 87.7 Å². The molecule has 0 saturated carbocycles. The molecule has 11 aromatic rings. The Kier molecular flexibility index (Phi) is 6.55. The van der Waals surface area contributed by atoms with Crippen LogP contribution >= 0.6 is 0 Å². The lowest BCUT2D eigenvalue weighted by atomic mass is 9.98. The summed E-state index contributed by atoms with van der Waals surface area (Å²) in [5.74, 6) is 0. The van der Waals surface area contributed by atoms with Crippen molar-refractivity contribution < 1.29 is 8.83 Å². The summed E-state index contributed by atoms with van der Waals surface area (Å²) < 4.78 is 13.4. The number of fused-ring (bicyclic) bond motifs is 9. The predicted octanol–water partition coefficient (Wildman–Crippen LogP) is 14.6. The molecule has 9 aromatic carbocycles. The Morgan fingerprint density at radius 3 is 1.81 bits per heavy atom. The molecule has 0 atom stereocenters. The van der Waals surface area contributed by atoms with E-state index in [0.29, 0.717) is 0 Å². The van der Waals surface area contributed by atoms with Crippen LogP contribution in [0.3, 0.4) is 0 Å². The molecule has 0 unspecified atom stereocenters. The van der Waals surface area contributed by atoms with Gasteiger partial charge in [0.05, 0.1) is 11.1 Å². The number of nitrogens with zero attached hydrogens (tertiary/aromatic N) is 1. The lowest BCUT2D eigenvalue weighted by Gasteiger charge is -2.27. The first kappa shape index (κ1) is 29.6. The lowest BCUT2D eigenvalue weighted by molar-refractivity contribution is 0.669. The molecule has 0 aliphatic heterocycles. The van der Waals surface area contributed by atoms with Crippen LogP contribution in [0.5, 0.6) is 0 Å². The summed E-state index contributed by atoms with van der Waals surface area (Å²) in [5, 5.41) is 9.22. The molecule has 248 valence electrons. The number of para-hydroxylation sites is 1. The van der Waals surface area contributed by atoms with Gasteiger partial charge in [0.2, 0.25) is 0 Å². The minimum atomic E-state index is 0.849. The minimum absolute atomic E-state index is 0.849. The molecule has 0 bridgehead atoms. The number of hydrogen-bond donors (Lipinski definition) is 0. The van der Waals surface area contributed by atoms with Gasteiger partial charge in [-0.1, -0.05) is 127 Å². The van der Waals surface area contributed by atoms with E-state index in [1.807, 2.05) is 18.2 Å². The highest BCUT2D eigenvalue weighted by Gasteiger charge is 2.23. The number of benzene rings is 9. The van der Waals surface area contributed by atoms with Gasteiger partial charge in [-0.05, 0) is 92.8 Å². The van der Waals surface area contributed by atoms with Crippen molar-refractivity contribution >= 4 is 82.5 Å². The van der Waals surface area contributed by atoms with Crippen LogP contribution in [0.4, 0.5) is 17.1 Å². The van der Waals surface area contributed by atoms with E-state index in [0.717, 1.165) is 83.2 Å². The molecule has 3 heteroatoms. The molecule has 0 fully saturated rings. The molecule has 0 aliphatic carbocycles. The SMILES string of the molecule is c1ccc(-c2ccc3c(c2)oc2c(-c4ccccc4)ccc(N(c4ccc5c(ccc6ccccc65)c4)c4ccc5c(c4)oc4ccccc45)c23)cc1. The van der Waals surface area contributed by atoms with Gasteiger partial charge >= 0.3 is 0 Å². The Morgan fingerprint density at radius 1 is 0.340 bits per heavy atom. The zero-order chi connectivity index (χ0) is 34.9. The van der Waals surface area contributed by atoms with Gasteiger partial charge in [0.15, 0.2) is 0 Å². The third-order valence-electron chi connectivity index (χ3n) is 10.6. The fraction of sp³-hybridized carbons (Fsp3) is 0. The van der Waals surface area contributed by atoms with Gasteiger partial charge in [-0.2, -0.15) is 0 Å². The minimum Gasteiger partial charge on any atom is -0.456 e. The standard InChI is InChI=1S/C50H31NO2/c1-3-11-32(12-4-1)35-21-24-44-47(30-35)53-50-41(33-13-5-2-6-14-33)27-28-45(49(44)50)51(38-23-26-43-42-17-9-10-18-46(42)52-48(43)31-38)37-22-25-40-36(29-37)20-19-34-15-7-8-16-39(34)40/h1-31H. The molecule has 0 aliphatic rings. The van der Waals surface area contributed by atoms with Crippen LogP contribution in [0.15, 0.2) is 197 Å². The average molecular weight is 678 g/mol. The van der Waals surface area contributed by atoms with Crippen molar-refractivity contribution in [3.8, 4) is 22.3 Å². The van der Waals surface area contributed by atoms with E-state index in [4.69, 9.17) is 8.83 Å². The second kappa shape index (κ2) is 11.7. The summed E-state index contributed by atoms with van der Waals surface area (Å²) >= 11 is 0. The van der Waals surface area contributed by atoms with E-state index in [1.54, 1.807) is 0 Å². The molecule has 3 nitrogen and oxygen atoms in total. The van der Waals surface area contributed by atoms with Crippen LogP contribution in [0, 0.1) is 0 Å². The van der Waals surface area contributed by atoms with Crippen LogP contribution in [0.2, 0.25) is 0 Å². The summed E-state index contributed by atoms with van der Waals surface area (Å²) in [6, 6.07) is 66.7. The normalized spacial score (nSPS) is 11.8. The van der Waals surface area contributed by atoms with Crippen molar-refractivity contribution in [2.75, 3.05) is 4.90 Å². The molecule has 0 saturated heterocycles. The van der Waals surface area contributed by atoms with Crippen molar-refractivity contribution in [1.82, 2.24) is 0 Å². The summed E-state index contributed by atoms with van der Waals surface area (Å²) in [5.41, 5.74) is 11.0. The summed E-state index contributed by atoms with van der Waals surface area (Å²) in [4.78, 5) is 2.36. The molecule has 2 heterocycles. The van der Waals surface area contributed by atoms with Gasteiger partial charge < -0.3 is 13.7 Å². The van der Waals surface area contributed by atoms with Gasteiger partial charge in [-0.15, -0.1) is 0 Å². The van der Waals surface area contributed by atoms with Gasteiger partial charge in [-0.25, -0.2) is 0 Å². The molecule has 11 rings (SSSR count). The van der Waals surface area contributed by atoms with Crippen molar-refractivity contribution in [2.45, 2.75) is 0 Å². The Balaban J connectivity index is 1.20. The van der Waals surface area contributed by atoms with Crippen LogP contribution in [-0.4, -0.2) is 0 Å². The van der Waals surface area contributed by atoms with Crippen molar-refractivity contribution in [2.24, 2.45) is 0 Å². The van der Waals surface area contributed by atoms with Gasteiger partial charge in [0, 0.05) is 39.2 Å². The Labute approximate surface area is 305 Å². The second-order valence-corrected chi connectivity index (χ2v) is 13.7. The molecular weight excluding hydrogens is 647 g/mol. The van der Waals surface area contributed by atoms with Gasteiger partial charge in [0.1, 0.15) is 22.3 Å². The summed E-state index contributed by atoms with van der Waals surface area (Å²) in [6.45, 7) is 0. The molecule has 0 spiro atoms. The number of hydrogen-bond acceptors (Lipinski definition) is 3. The Morgan fingerprint density at radius 2 is 0.962 bits per heavy atom. The molecule has 0 amide bonds. The maximum atomic E-state index is 6.95. The molecule has 53 heavy (non-hydrogen) atoms. The monoisotopic (exact) mass is 677 g/mol. The third kappa shape index (κ3) is 4.75. The van der Waals surface area contributed by atoms with Crippen molar-refractivity contribution in [3.63, 3.8) is 0 Å². The van der Waals surface area contributed by atoms with E-state index >= 15 is 0 Å². The number of anilines is 3. The summed E-state index contributed by atoms with van der Waals surface area (Å²) in [7, 11) is 0. The quantitative estimate of drug-likeness (QED) is 0.170. The first-order valence-electron chi connectivity index (χ1n) is 18.0. The highest BCUT2D eigenvalue weighted by atomic mass is 16.3. The van der Waals surface area contributed by atoms with E-state index in [9.17, 15) is 0 Å². The Bertz CT molecular complexity index is 3170. The maximum Gasteiger partial charge on any atom is 0.145 e. The first-order valence-corrected chi connectivity index (χ1v) is 18.0. The van der Waals surface area contributed by atoms with Crippen molar-refractivity contribution in [3.05, 3.63) is 188 Å². The van der Waals surface area contributed by atoms with E-state index in [2.05, 4.69) is 175 Å². The highest BCUT2D eigenvalue weighted by molar-refractivity contribution is 6.18. The largest absolute Gasteiger partial charge is 0.456 e. The molecule has 0 N–H and O–H groups in total. The average Bonchev–Trinajstić information content (AvgIpc) is 3.80. The van der Waals surface area contributed by atoms with Crippen LogP contribution in [0.1, 0.15) is 0 Å². The zero-order valence-electron chi connectivity index (χ0n) is 28.7. The highest BCUT2D eigenvalue weighted by Crippen LogP contribution is 2.48. The molecular formula is C50H31NO2. The zero-order valence-corrected chi connectivity index (χ0v) is 28.7. The summed E-state index contributed by atoms with van der Waals surface area (Å²) in [6.07, 6.45) is 0. The third-order valence-corrected chi connectivity index (χ3v) is 10.6. The maximum absolute atomic E-state index is 6.95. The predicted molar refractivity (Wildman–Crippen MR) is 222 cm³/mol. The lowest BCUT2D eigenvalue weighted by Crippen LogP contribution is -2.10. The van der Waals surface area contributed by atoms with Crippen LogP contribution < -0.4 is 4.90 Å². The first-order chi connectivity index (χ1) is 26.3. The fourth-order valence-electron chi connectivity index (χ4n) is 8.12. The van der Waals surface area contributed by atoms with Crippen molar-refractivity contribution in [1.29, 1.82) is 0 Å². The number of rotatable bonds is 5. The Hall–Kier alpha value is -7.10. The van der Waals surface area contributed by atoms with E-state index < -0.39 is 0 Å². The molecule has 2 aromatic heterocycles. The smallest absolute Gasteiger partial charge is 0.145 e. The van der Waals surface area contributed by atoms with E-state index in [-0.39, 0.29) is 0 Å². The fourth-order valence-corrected chi connectivity index (χ4v) is 8.12. The molecule has 0 radical (unpaired) electrons. The van der Waals surface area contributed by atoms with Gasteiger partial charge in [0.25, 0.3) is 0 Å². The van der Waals surface area contributed by atoms with Gasteiger partial charge in [-0.3, -0.25) is 0 Å². The van der Waals surface area contributed by atoms with E-state index in [1.165, 1.54) is 21.5 Å². The van der Waals surface area contributed by atoms with Crippen LogP contribution in [-0.2, 0) is 0 Å². The number of furan rings is 2.